The zero-order valence-electron chi connectivity index (χ0n) is 16.5. The molecule has 0 unspecified atom stereocenters. The first-order valence-electron chi connectivity index (χ1n) is 9.62. The Labute approximate surface area is 185 Å². The molecule has 152 valence electrons. The Kier molecular flexibility index (Phi) is 5.02. The van der Waals surface area contributed by atoms with Gasteiger partial charge in [0.15, 0.2) is 5.65 Å². The minimum Gasteiger partial charge on any atom is -0.510 e. The van der Waals surface area contributed by atoms with Gasteiger partial charge in [-0.2, -0.15) is 5.26 Å². The number of thiazole rings is 1. The highest BCUT2D eigenvalue weighted by atomic mass is 32.2. The molecule has 0 aliphatic rings. The van der Waals surface area contributed by atoms with Gasteiger partial charge in [0.05, 0.1) is 21.5 Å². The number of hydrogen-bond acceptors (Lipinski definition) is 8. The maximum absolute atomic E-state index is 10.6. The van der Waals surface area contributed by atoms with Crippen LogP contribution >= 0.6 is 23.1 Å². The van der Waals surface area contributed by atoms with E-state index in [4.69, 9.17) is 0 Å². The molecule has 3 aromatic heterocycles. The number of aliphatic hydroxyl groups is 1. The van der Waals surface area contributed by atoms with Crippen LogP contribution in [0.15, 0.2) is 59.4 Å². The fraction of sp³-hybridized carbons (Fsp3) is 0.136. The number of para-hydroxylation sites is 2. The quantitative estimate of drug-likeness (QED) is 0.226. The summed E-state index contributed by atoms with van der Waals surface area (Å²) in [5, 5.41) is 30.8. The number of nitrogens with zero attached hydrogens (tertiary/aromatic N) is 6. The topological polar surface area (TPSA) is 101 Å². The number of aromatic nitrogens is 5. The second-order valence-corrected chi connectivity index (χ2v) is 8.71. The average Bonchev–Trinajstić information content (AvgIpc) is 3.36. The van der Waals surface area contributed by atoms with Crippen molar-refractivity contribution in [3.05, 3.63) is 59.3 Å². The highest BCUT2D eigenvalue weighted by Crippen LogP contribution is 2.30. The largest absolute Gasteiger partial charge is 0.510 e. The second-order valence-electron chi connectivity index (χ2n) is 6.74. The lowest BCUT2D eigenvalue weighted by molar-refractivity contribution is 0.420. The summed E-state index contributed by atoms with van der Waals surface area (Å²) in [5.41, 5.74) is 3.56. The lowest BCUT2D eigenvalue weighted by atomic mass is 10.2. The van der Waals surface area contributed by atoms with Crippen LogP contribution in [0.1, 0.15) is 11.9 Å². The Balaban J connectivity index is 1.46. The van der Waals surface area contributed by atoms with Crippen molar-refractivity contribution < 1.29 is 5.11 Å². The molecule has 0 bridgehead atoms. The highest BCUT2D eigenvalue weighted by molar-refractivity contribution is 7.99. The van der Waals surface area contributed by atoms with Crippen molar-refractivity contribution in [3.63, 3.8) is 0 Å². The van der Waals surface area contributed by atoms with E-state index < -0.39 is 0 Å². The van der Waals surface area contributed by atoms with Crippen LogP contribution in [0.3, 0.4) is 0 Å². The Hall–Kier alpha value is -3.48. The Morgan fingerprint density at radius 3 is 2.74 bits per heavy atom. The number of fused-ring (bicyclic) bond motifs is 4. The second kappa shape index (κ2) is 7.98. The van der Waals surface area contributed by atoms with E-state index in [0.717, 1.165) is 38.8 Å². The Bertz CT molecular complexity index is 1480. The van der Waals surface area contributed by atoms with Crippen molar-refractivity contribution in [2.24, 2.45) is 0 Å². The van der Waals surface area contributed by atoms with Crippen molar-refractivity contribution in [3.8, 4) is 6.07 Å². The lowest BCUT2D eigenvalue weighted by Crippen LogP contribution is -2.00. The molecule has 2 aromatic carbocycles. The maximum atomic E-state index is 10.6. The molecule has 0 fully saturated rings. The number of thioether (sulfide) groups is 1. The first kappa shape index (κ1) is 19.5. The van der Waals surface area contributed by atoms with Gasteiger partial charge in [0.25, 0.3) is 0 Å². The molecule has 31 heavy (non-hydrogen) atoms. The number of hydrogen-bond donors (Lipinski definition) is 1. The summed E-state index contributed by atoms with van der Waals surface area (Å²) in [6, 6.07) is 17.8. The van der Waals surface area contributed by atoms with Crippen LogP contribution in [0.2, 0.25) is 0 Å². The number of benzene rings is 2. The first-order chi connectivity index (χ1) is 15.2. The SMILES string of the molecule is CCn1c2ccccc2c2nnc(SC/C(O)=C(\C#N)c3nc4ccccc4s3)nc21. The van der Waals surface area contributed by atoms with Gasteiger partial charge in [0, 0.05) is 11.9 Å². The van der Waals surface area contributed by atoms with E-state index in [0.29, 0.717) is 10.2 Å². The minimum absolute atomic E-state index is 0.0497. The van der Waals surface area contributed by atoms with Gasteiger partial charge in [0.2, 0.25) is 5.16 Å². The van der Waals surface area contributed by atoms with Crippen LogP contribution in [-0.4, -0.2) is 35.6 Å². The van der Waals surface area contributed by atoms with Crippen LogP contribution in [0.4, 0.5) is 0 Å². The van der Waals surface area contributed by atoms with Crippen LogP contribution in [0.5, 0.6) is 0 Å². The smallest absolute Gasteiger partial charge is 0.211 e. The van der Waals surface area contributed by atoms with Crippen molar-refractivity contribution in [1.82, 2.24) is 24.7 Å². The maximum Gasteiger partial charge on any atom is 0.211 e. The van der Waals surface area contributed by atoms with E-state index in [2.05, 4.69) is 37.7 Å². The van der Waals surface area contributed by atoms with Crippen LogP contribution in [0.25, 0.3) is 37.9 Å². The summed E-state index contributed by atoms with van der Waals surface area (Å²) in [4.78, 5) is 9.14. The van der Waals surface area contributed by atoms with Crippen molar-refractivity contribution in [2.45, 2.75) is 18.6 Å². The van der Waals surface area contributed by atoms with Gasteiger partial charge in [-0.1, -0.05) is 42.1 Å². The van der Waals surface area contributed by atoms with Crippen LogP contribution in [-0.2, 0) is 6.54 Å². The Morgan fingerprint density at radius 2 is 1.94 bits per heavy atom. The van der Waals surface area contributed by atoms with Crippen LogP contribution in [0, 0.1) is 11.3 Å². The summed E-state index contributed by atoms with van der Waals surface area (Å²) in [6.45, 7) is 2.82. The molecular formula is C22H16N6OS2. The molecule has 0 amide bonds. The molecule has 3 heterocycles. The molecule has 0 saturated carbocycles. The van der Waals surface area contributed by atoms with E-state index in [9.17, 15) is 10.4 Å². The summed E-state index contributed by atoms with van der Waals surface area (Å²) in [7, 11) is 0. The van der Waals surface area contributed by atoms with Gasteiger partial charge < -0.3 is 9.67 Å². The van der Waals surface area contributed by atoms with E-state index in [1.54, 1.807) is 0 Å². The number of aryl methyl sites for hydroxylation is 1. The highest BCUT2D eigenvalue weighted by Gasteiger charge is 2.17. The molecule has 0 aliphatic heterocycles. The molecule has 0 saturated heterocycles. The minimum atomic E-state index is -0.0497. The van der Waals surface area contributed by atoms with Gasteiger partial charge in [-0.15, -0.1) is 21.5 Å². The third-order valence-corrected chi connectivity index (χ3v) is 6.82. The molecule has 9 heteroatoms. The van der Waals surface area contributed by atoms with E-state index >= 15 is 0 Å². The predicted octanol–water partition coefficient (Wildman–Crippen LogP) is 5.19. The number of rotatable bonds is 5. The molecule has 1 N–H and O–H groups in total. The first-order valence-corrected chi connectivity index (χ1v) is 11.4. The Morgan fingerprint density at radius 1 is 1.13 bits per heavy atom. The molecule has 7 nitrogen and oxygen atoms in total. The normalized spacial score (nSPS) is 12.4. The molecule has 0 radical (unpaired) electrons. The van der Waals surface area contributed by atoms with Gasteiger partial charge in [-0.25, -0.2) is 9.97 Å². The van der Waals surface area contributed by atoms with Crippen molar-refractivity contribution in [1.29, 1.82) is 5.26 Å². The van der Waals surface area contributed by atoms with Gasteiger partial charge in [-0.3, -0.25) is 0 Å². The third kappa shape index (κ3) is 3.40. The summed E-state index contributed by atoms with van der Waals surface area (Å²) in [5.74, 6) is 0.101. The number of allylic oxidation sites excluding steroid dienone is 1. The fourth-order valence-corrected chi connectivity index (χ4v) is 5.13. The molecule has 5 rings (SSSR count). The predicted molar refractivity (Wildman–Crippen MR) is 124 cm³/mol. The van der Waals surface area contributed by atoms with Crippen LogP contribution < -0.4 is 0 Å². The molecule has 0 atom stereocenters. The monoisotopic (exact) mass is 444 g/mol. The van der Waals surface area contributed by atoms with Gasteiger partial charge in [-0.05, 0) is 25.1 Å². The number of nitriles is 1. The number of aliphatic hydroxyl groups excluding tert-OH is 1. The van der Waals surface area contributed by atoms with Crippen molar-refractivity contribution >= 4 is 61.0 Å². The molecule has 0 spiro atoms. The average molecular weight is 445 g/mol. The summed E-state index contributed by atoms with van der Waals surface area (Å²) in [6.07, 6.45) is 0. The zero-order chi connectivity index (χ0) is 21.4. The third-order valence-electron chi connectivity index (χ3n) is 4.92. The molecule has 0 aliphatic carbocycles. The zero-order valence-corrected chi connectivity index (χ0v) is 18.1. The summed E-state index contributed by atoms with van der Waals surface area (Å²) >= 11 is 2.62. The van der Waals surface area contributed by atoms with E-state index in [-0.39, 0.29) is 17.1 Å². The molecule has 5 aromatic rings. The fourth-order valence-electron chi connectivity index (χ4n) is 3.49. The standard InChI is InChI=1S/C22H16N6OS2/c1-2-28-16-9-5-3-7-13(16)19-20(28)25-22(27-26-19)30-12-17(29)14(11-23)21-24-15-8-4-6-10-18(15)31-21/h3-10,29H,2,12H2,1H3/b17-14-. The van der Waals surface area contributed by atoms with E-state index in [1.807, 2.05) is 48.5 Å². The van der Waals surface area contributed by atoms with E-state index in [1.165, 1.54) is 23.1 Å². The summed E-state index contributed by atoms with van der Waals surface area (Å²) < 4.78 is 3.07. The lowest BCUT2D eigenvalue weighted by Gasteiger charge is -2.04. The molecular weight excluding hydrogens is 428 g/mol. The van der Waals surface area contributed by atoms with Gasteiger partial charge >= 0.3 is 0 Å². The van der Waals surface area contributed by atoms with Crippen molar-refractivity contribution in [2.75, 3.05) is 5.75 Å². The van der Waals surface area contributed by atoms with Gasteiger partial charge in [0.1, 0.15) is 27.9 Å².